The zero-order chi connectivity index (χ0) is 17.9. The highest BCUT2D eigenvalue weighted by Crippen LogP contribution is 2.23. The zero-order valence-corrected chi connectivity index (χ0v) is 14.5. The van der Waals surface area contributed by atoms with Crippen LogP contribution in [0.5, 0.6) is 0 Å². The summed E-state index contributed by atoms with van der Waals surface area (Å²) in [6, 6.07) is 7.38. The summed E-state index contributed by atoms with van der Waals surface area (Å²) >= 11 is 0. The van der Waals surface area contributed by atoms with Crippen LogP contribution in [0.4, 0.5) is 5.69 Å². The number of ketones is 1. The second kappa shape index (κ2) is 6.67. The van der Waals surface area contributed by atoms with Gasteiger partial charge >= 0.3 is 5.84 Å². The van der Waals surface area contributed by atoms with Gasteiger partial charge in [0.25, 0.3) is 0 Å². The van der Waals surface area contributed by atoms with E-state index in [4.69, 9.17) is 11.1 Å². The zero-order valence-electron chi connectivity index (χ0n) is 14.5. The molecule has 0 unspecified atom stereocenters. The van der Waals surface area contributed by atoms with Gasteiger partial charge in [0.2, 0.25) is 5.78 Å². The van der Waals surface area contributed by atoms with Crippen molar-refractivity contribution in [2.75, 3.05) is 5.43 Å². The third kappa shape index (κ3) is 3.87. The van der Waals surface area contributed by atoms with E-state index in [-0.39, 0.29) is 16.9 Å². The number of carbonyl (C=O) groups excluding carboxylic acids is 1. The van der Waals surface area contributed by atoms with Crippen LogP contribution in [0.3, 0.4) is 0 Å². The average Bonchev–Trinajstić information content (AvgIpc) is 3.01. The monoisotopic (exact) mass is 324 g/mol. The average molecular weight is 324 g/mol. The summed E-state index contributed by atoms with van der Waals surface area (Å²) in [4.78, 5) is 15.6. The Morgan fingerprint density at radius 3 is 2.58 bits per heavy atom. The third-order valence-electron chi connectivity index (χ3n) is 3.47. The standard InChI is InChI=1S/C18H20N4O2/c1-11-7-8-12(2)13(9-11)20-21-17(19-6)16(23)14-10-15(24-22-14)18(3,4)5/h7-10,20H,1-5H3/b21-17-. The Morgan fingerprint density at radius 1 is 1.29 bits per heavy atom. The molecule has 0 saturated carbocycles. The largest absolute Gasteiger partial charge is 0.360 e. The van der Waals surface area contributed by atoms with Gasteiger partial charge in [-0.05, 0) is 36.1 Å². The fraction of sp³-hybridized carbons (Fsp3) is 0.333. The second-order valence-electron chi connectivity index (χ2n) is 6.63. The molecule has 0 amide bonds. The Labute approximate surface area is 141 Å². The Morgan fingerprint density at radius 2 is 2.00 bits per heavy atom. The lowest BCUT2D eigenvalue weighted by atomic mass is 9.93. The molecule has 0 radical (unpaired) electrons. The van der Waals surface area contributed by atoms with Gasteiger partial charge in [-0.3, -0.25) is 4.79 Å². The number of rotatable bonds is 4. The van der Waals surface area contributed by atoms with E-state index in [2.05, 4.69) is 20.5 Å². The van der Waals surface area contributed by atoms with E-state index in [9.17, 15) is 4.79 Å². The molecular formula is C18H20N4O2. The van der Waals surface area contributed by atoms with Crippen molar-refractivity contribution >= 4 is 17.3 Å². The third-order valence-corrected chi connectivity index (χ3v) is 3.47. The van der Waals surface area contributed by atoms with Crippen LogP contribution in [0.15, 0.2) is 33.9 Å². The summed E-state index contributed by atoms with van der Waals surface area (Å²) in [5, 5.41) is 7.71. The van der Waals surface area contributed by atoms with Crippen LogP contribution in [0.25, 0.3) is 4.85 Å². The molecule has 0 spiro atoms. The molecule has 1 N–H and O–H groups in total. The molecule has 2 rings (SSSR count). The first-order valence-corrected chi connectivity index (χ1v) is 7.52. The normalized spacial score (nSPS) is 11.9. The molecule has 0 fully saturated rings. The van der Waals surface area contributed by atoms with Crippen molar-refractivity contribution in [1.82, 2.24) is 5.16 Å². The molecule has 2 aromatic rings. The van der Waals surface area contributed by atoms with E-state index < -0.39 is 5.78 Å². The van der Waals surface area contributed by atoms with Crippen molar-refractivity contribution in [1.29, 1.82) is 0 Å². The maximum absolute atomic E-state index is 12.4. The number of hydrogen-bond donors (Lipinski definition) is 1. The number of nitrogens with one attached hydrogen (secondary N) is 1. The summed E-state index contributed by atoms with van der Waals surface area (Å²) < 4.78 is 5.19. The highest BCUT2D eigenvalue weighted by molar-refractivity contribution is 6.48. The van der Waals surface area contributed by atoms with Gasteiger partial charge in [0, 0.05) is 11.5 Å². The van der Waals surface area contributed by atoms with Crippen molar-refractivity contribution in [2.45, 2.75) is 40.0 Å². The summed E-state index contributed by atoms with van der Waals surface area (Å²) in [5.74, 6) is -0.274. The van der Waals surface area contributed by atoms with Crippen LogP contribution in [-0.4, -0.2) is 16.8 Å². The molecule has 124 valence electrons. The number of amidine groups is 1. The number of benzene rings is 1. The number of carbonyl (C=O) groups is 1. The molecule has 0 aliphatic heterocycles. The second-order valence-corrected chi connectivity index (χ2v) is 6.63. The van der Waals surface area contributed by atoms with Crippen LogP contribution >= 0.6 is 0 Å². The minimum Gasteiger partial charge on any atom is -0.360 e. The summed E-state index contributed by atoms with van der Waals surface area (Å²) in [6.45, 7) is 16.9. The first-order valence-electron chi connectivity index (χ1n) is 7.52. The fourth-order valence-electron chi connectivity index (χ4n) is 1.95. The molecule has 1 heterocycles. The number of hydrogen-bond acceptors (Lipinski definition) is 5. The molecule has 1 aromatic carbocycles. The van der Waals surface area contributed by atoms with E-state index in [0.717, 1.165) is 16.8 Å². The van der Waals surface area contributed by atoms with Crippen molar-refractivity contribution in [3.8, 4) is 0 Å². The highest BCUT2D eigenvalue weighted by Gasteiger charge is 2.24. The molecule has 6 nitrogen and oxygen atoms in total. The predicted octanol–water partition coefficient (Wildman–Crippen LogP) is 4.12. The van der Waals surface area contributed by atoms with Crippen molar-refractivity contribution in [3.63, 3.8) is 0 Å². The van der Waals surface area contributed by atoms with Crippen LogP contribution in [0.1, 0.15) is 48.1 Å². The molecule has 0 atom stereocenters. The summed E-state index contributed by atoms with van der Waals surface area (Å²) in [7, 11) is 0. The molecule has 6 heteroatoms. The topological polar surface area (TPSA) is 71.8 Å². The number of aromatic nitrogens is 1. The van der Waals surface area contributed by atoms with E-state index in [1.807, 2.05) is 52.8 Å². The number of anilines is 1. The van der Waals surface area contributed by atoms with Gasteiger partial charge in [-0.1, -0.05) is 44.6 Å². The maximum Gasteiger partial charge on any atom is 0.343 e. The van der Waals surface area contributed by atoms with Gasteiger partial charge in [0.1, 0.15) is 11.5 Å². The number of nitrogens with zero attached hydrogens (tertiary/aromatic N) is 3. The highest BCUT2D eigenvalue weighted by atomic mass is 16.5. The lowest BCUT2D eigenvalue weighted by Gasteiger charge is -2.12. The Kier molecular flexibility index (Phi) is 4.84. The predicted molar refractivity (Wildman–Crippen MR) is 93.1 cm³/mol. The molecular weight excluding hydrogens is 304 g/mol. The summed E-state index contributed by atoms with van der Waals surface area (Å²) in [6.07, 6.45) is 0. The van der Waals surface area contributed by atoms with Crippen LogP contribution < -0.4 is 5.43 Å². The van der Waals surface area contributed by atoms with Crippen LogP contribution in [-0.2, 0) is 5.41 Å². The fourth-order valence-corrected chi connectivity index (χ4v) is 1.95. The lowest BCUT2D eigenvalue weighted by Crippen LogP contribution is -2.13. The van der Waals surface area contributed by atoms with E-state index in [1.165, 1.54) is 0 Å². The number of Topliss-reactive ketones (excluding diaryl/α,β-unsaturated/α-hetero) is 1. The maximum atomic E-state index is 12.4. The van der Waals surface area contributed by atoms with Gasteiger partial charge in [0.15, 0.2) is 0 Å². The quantitative estimate of drug-likeness (QED) is 0.302. The molecule has 1 aromatic heterocycles. The lowest BCUT2D eigenvalue weighted by molar-refractivity contribution is 0.105. The minimum absolute atomic E-state index is 0.0810. The molecule has 0 aliphatic carbocycles. The van der Waals surface area contributed by atoms with Gasteiger partial charge in [-0.15, -0.1) is 0 Å². The van der Waals surface area contributed by atoms with Crippen molar-refractivity contribution < 1.29 is 9.32 Å². The molecule has 0 saturated heterocycles. The Bertz CT molecular complexity index is 835. The number of aryl methyl sites for hydroxylation is 2. The van der Waals surface area contributed by atoms with Crippen LogP contribution in [0.2, 0.25) is 0 Å². The van der Waals surface area contributed by atoms with Gasteiger partial charge in [0.05, 0.1) is 5.69 Å². The van der Waals surface area contributed by atoms with Crippen LogP contribution in [0, 0.1) is 20.4 Å². The first-order chi connectivity index (χ1) is 11.2. The Balaban J connectivity index is 2.24. The van der Waals surface area contributed by atoms with Crippen molar-refractivity contribution in [3.05, 3.63) is 58.3 Å². The number of hydrazone groups is 1. The first kappa shape index (κ1) is 17.4. The van der Waals surface area contributed by atoms with Gasteiger partial charge in [-0.2, -0.15) is 0 Å². The van der Waals surface area contributed by atoms with E-state index in [0.29, 0.717) is 5.76 Å². The SMILES string of the molecule is [C-]#[N+]/C(=N\Nc1cc(C)ccc1C)C(=O)c1cc(C(C)(C)C)on1. The molecule has 24 heavy (non-hydrogen) atoms. The Hall–Kier alpha value is -2.94. The molecule has 0 bridgehead atoms. The van der Waals surface area contributed by atoms with Gasteiger partial charge in [-0.25, -0.2) is 5.43 Å². The summed E-state index contributed by atoms with van der Waals surface area (Å²) in [5.41, 5.74) is 5.38. The van der Waals surface area contributed by atoms with E-state index >= 15 is 0 Å². The van der Waals surface area contributed by atoms with E-state index in [1.54, 1.807) is 6.07 Å². The minimum atomic E-state index is -0.568. The van der Waals surface area contributed by atoms with Gasteiger partial charge < -0.3 is 9.37 Å². The molecule has 0 aliphatic rings. The van der Waals surface area contributed by atoms with Crippen molar-refractivity contribution in [2.24, 2.45) is 5.10 Å². The smallest absolute Gasteiger partial charge is 0.343 e.